The average molecular weight is 368 g/mol. The first-order valence-corrected chi connectivity index (χ1v) is 9.24. The van der Waals surface area contributed by atoms with E-state index >= 15 is 0 Å². The highest BCUT2D eigenvalue weighted by Gasteiger charge is 2.26. The number of rotatable bonds is 8. The van der Waals surface area contributed by atoms with E-state index in [1.54, 1.807) is 11.8 Å². The van der Waals surface area contributed by atoms with E-state index in [4.69, 9.17) is 4.74 Å². The maximum absolute atomic E-state index is 12.9. The van der Waals surface area contributed by atoms with E-state index in [9.17, 15) is 9.59 Å². The normalized spacial score (nSPS) is 11.6. The molecule has 0 saturated carbocycles. The zero-order valence-electron chi connectivity index (χ0n) is 16.5. The molecule has 2 rings (SSSR count). The summed E-state index contributed by atoms with van der Waals surface area (Å²) < 4.78 is 5.77. The zero-order valence-corrected chi connectivity index (χ0v) is 16.5. The molecule has 0 aliphatic rings. The van der Waals surface area contributed by atoms with E-state index in [0.29, 0.717) is 18.8 Å². The van der Waals surface area contributed by atoms with Gasteiger partial charge >= 0.3 is 0 Å². The van der Waals surface area contributed by atoms with Crippen molar-refractivity contribution in [3.05, 3.63) is 65.2 Å². The predicted molar refractivity (Wildman–Crippen MR) is 107 cm³/mol. The fraction of sp³-hybridized carbons (Fsp3) is 0.364. The number of amides is 2. The largest absolute Gasteiger partial charge is 0.483 e. The van der Waals surface area contributed by atoms with Gasteiger partial charge in [-0.3, -0.25) is 9.59 Å². The minimum absolute atomic E-state index is 0.110. The zero-order chi connectivity index (χ0) is 19.8. The molecule has 0 unspecified atom stereocenters. The van der Waals surface area contributed by atoms with Crippen molar-refractivity contribution < 1.29 is 14.3 Å². The van der Waals surface area contributed by atoms with Crippen LogP contribution >= 0.6 is 0 Å². The van der Waals surface area contributed by atoms with Crippen molar-refractivity contribution in [3.8, 4) is 5.75 Å². The predicted octanol–water partition coefficient (Wildman–Crippen LogP) is 3.24. The number of carbonyl (C=O) groups is 2. The summed E-state index contributed by atoms with van der Waals surface area (Å²) in [5.41, 5.74) is 3.09. The Morgan fingerprint density at radius 2 is 1.78 bits per heavy atom. The Bertz CT molecular complexity index is 774. The topological polar surface area (TPSA) is 58.6 Å². The molecule has 27 heavy (non-hydrogen) atoms. The van der Waals surface area contributed by atoms with Gasteiger partial charge in [0.25, 0.3) is 5.91 Å². The Balaban J connectivity index is 2.14. The molecule has 0 spiro atoms. The molecule has 0 aromatic heterocycles. The van der Waals surface area contributed by atoms with Crippen molar-refractivity contribution in [2.75, 3.05) is 13.2 Å². The van der Waals surface area contributed by atoms with Crippen LogP contribution in [-0.2, 0) is 16.1 Å². The van der Waals surface area contributed by atoms with Gasteiger partial charge < -0.3 is 15.0 Å². The van der Waals surface area contributed by atoms with Gasteiger partial charge in [0.2, 0.25) is 5.91 Å². The van der Waals surface area contributed by atoms with Crippen molar-refractivity contribution in [1.82, 2.24) is 10.2 Å². The molecule has 0 aliphatic heterocycles. The molecule has 1 atom stereocenters. The molecule has 144 valence electrons. The highest BCUT2D eigenvalue weighted by molar-refractivity contribution is 5.87. The third-order valence-corrected chi connectivity index (χ3v) is 4.62. The van der Waals surface area contributed by atoms with E-state index in [-0.39, 0.29) is 18.4 Å². The summed E-state index contributed by atoms with van der Waals surface area (Å²) in [6.45, 7) is 8.34. The van der Waals surface area contributed by atoms with Crippen LogP contribution in [0.15, 0.2) is 48.5 Å². The summed E-state index contributed by atoms with van der Waals surface area (Å²) in [6, 6.07) is 14.8. The first-order valence-electron chi connectivity index (χ1n) is 9.24. The maximum Gasteiger partial charge on any atom is 0.261 e. The maximum atomic E-state index is 12.9. The van der Waals surface area contributed by atoms with Gasteiger partial charge in [-0.15, -0.1) is 0 Å². The Hall–Kier alpha value is -2.82. The highest BCUT2D eigenvalue weighted by atomic mass is 16.5. The Labute approximate surface area is 161 Å². The molecule has 0 heterocycles. The number of hydrogen-bond donors (Lipinski definition) is 1. The number of carbonyl (C=O) groups excluding carboxylic acids is 2. The SMILES string of the molecule is CCNC(=O)[C@@H](C)N(Cc1ccccc1)C(=O)COc1cccc(C)c1C. The molecule has 1 N–H and O–H groups in total. The second-order valence-electron chi connectivity index (χ2n) is 6.56. The van der Waals surface area contributed by atoms with Crippen molar-refractivity contribution in [1.29, 1.82) is 0 Å². The molecule has 0 fully saturated rings. The molecular weight excluding hydrogens is 340 g/mol. The summed E-state index contributed by atoms with van der Waals surface area (Å²) in [5.74, 6) is 0.292. The number of benzene rings is 2. The number of ether oxygens (including phenoxy) is 1. The van der Waals surface area contributed by atoms with Crippen molar-refractivity contribution in [2.45, 2.75) is 40.3 Å². The standard InChI is InChI=1S/C22H28N2O3/c1-5-23-22(26)18(4)24(14-19-11-7-6-8-12-19)21(25)15-27-20-13-9-10-16(2)17(20)3/h6-13,18H,5,14-15H2,1-4H3,(H,23,26)/t18-/m1/s1. The molecule has 0 saturated heterocycles. The van der Waals surface area contributed by atoms with Crippen LogP contribution in [-0.4, -0.2) is 35.9 Å². The smallest absolute Gasteiger partial charge is 0.261 e. The minimum Gasteiger partial charge on any atom is -0.483 e. The van der Waals surface area contributed by atoms with Crippen molar-refractivity contribution >= 4 is 11.8 Å². The van der Waals surface area contributed by atoms with Gasteiger partial charge in [0.05, 0.1) is 0 Å². The quantitative estimate of drug-likeness (QED) is 0.778. The highest BCUT2D eigenvalue weighted by Crippen LogP contribution is 2.21. The second kappa shape index (κ2) is 9.76. The lowest BCUT2D eigenvalue weighted by molar-refractivity contribution is -0.142. The van der Waals surface area contributed by atoms with E-state index in [2.05, 4.69) is 5.32 Å². The summed E-state index contributed by atoms with van der Waals surface area (Å²) >= 11 is 0. The van der Waals surface area contributed by atoms with Crippen LogP contribution in [0.25, 0.3) is 0 Å². The minimum atomic E-state index is -0.583. The first kappa shape index (κ1) is 20.5. The van der Waals surface area contributed by atoms with Crippen LogP contribution in [0.4, 0.5) is 0 Å². The Morgan fingerprint density at radius 3 is 2.44 bits per heavy atom. The lowest BCUT2D eigenvalue weighted by Crippen LogP contribution is -2.49. The number of aryl methyl sites for hydroxylation is 1. The lowest BCUT2D eigenvalue weighted by atomic mass is 10.1. The summed E-state index contributed by atoms with van der Waals surface area (Å²) in [7, 11) is 0. The monoisotopic (exact) mass is 368 g/mol. The summed E-state index contributed by atoms with van der Waals surface area (Å²) in [4.78, 5) is 26.8. The van der Waals surface area contributed by atoms with Crippen molar-refractivity contribution in [3.63, 3.8) is 0 Å². The third-order valence-electron chi connectivity index (χ3n) is 4.62. The molecule has 5 nitrogen and oxygen atoms in total. The Kier molecular flexibility index (Phi) is 7.41. The van der Waals surface area contributed by atoms with Crippen molar-refractivity contribution in [2.24, 2.45) is 0 Å². The lowest BCUT2D eigenvalue weighted by Gasteiger charge is -2.28. The van der Waals surface area contributed by atoms with Crippen LogP contribution in [0.2, 0.25) is 0 Å². The number of hydrogen-bond acceptors (Lipinski definition) is 3. The van der Waals surface area contributed by atoms with Crippen LogP contribution in [0.5, 0.6) is 5.75 Å². The number of nitrogens with zero attached hydrogens (tertiary/aromatic N) is 1. The molecule has 0 radical (unpaired) electrons. The van der Waals surface area contributed by atoms with Crippen LogP contribution in [0.3, 0.4) is 0 Å². The number of likely N-dealkylation sites (N-methyl/N-ethyl adjacent to an activating group) is 1. The van der Waals surface area contributed by atoms with E-state index in [1.165, 1.54) is 0 Å². The van der Waals surface area contributed by atoms with E-state index < -0.39 is 6.04 Å². The van der Waals surface area contributed by atoms with E-state index in [0.717, 1.165) is 16.7 Å². The van der Waals surface area contributed by atoms with Crippen LogP contribution < -0.4 is 10.1 Å². The second-order valence-corrected chi connectivity index (χ2v) is 6.56. The van der Waals surface area contributed by atoms with Gasteiger partial charge in [-0.2, -0.15) is 0 Å². The van der Waals surface area contributed by atoms with Gasteiger partial charge in [-0.05, 0) is 50.5 Å². The van der Waals surface area contributed by atoms with Gasteiger partial charge in [0, 0.05) is 13.1 Å². The third kappa shape index (κ3) is 5.58. The fourth-order valence-electron chi connectivity index (χ4n) is 2.79. The molecular formula is C22H28N2O3. The molecule has 5 heteroatoms. The van der Waals surface area contributed by atoms with E-state index in [1.807, 2.05) is 69.3 Å². The molecule has 2 amide bonds. The number of nitrogens with one attached hydrogen (secondary N) is 1. The van der Waals surface area contributed by atoms with Crippen LogP contribution in [0, 0.1) is 13.8 Å². The summed E-state index contributed by atoms with van der Waals surface area (Å²) in [6.07, 6.45) is 0. The van der Waals surface area contributed by atoms with Gasteiger partial charge in [0.1, 0.15) is 11.8 Å². The van der Waals surface area contributed by atoms with Gasteiger partial charge in [-0.25, -0.2) is 0 Å². The fourth-order valence-corrected chi connectivity index (χ4v) is 2.79. The first-order chi connectivity index (χ1) is 12.9. The molecule has 2 aromatic carbocycles. The van der Waals surface area contributed by atoms with Gasteiger partial charge in [0.15, 0.2) is 6.61 Å². The summed E-state index contributed by atoms with van der Waals surface area (Å²) in [5, 5.41) is 2.78. The van der Waals surface area contributed by atoms with Gasteiger partial charge in [-0.1, -0.05) is 42.5 Å². The molecule has 0 aliphatic carbocycles. The average Bonchev–Trinajstić information content (AvgIpc) is 2.67. The molecule has 0 bridgehead atoms. The van der Waals surface area contributed by atoms with Crippen LogP contribution in [0.1, 0.15) is 30.5 Å². The Morgan fingerprint density at radius 1 is 1.07 bits per heavy atom. The molecule has 2 aromatic rings.